The van der Waals surface area contributed by atoms with Gasteiger partial charge in [0.25, 0.3) is 0 Å². The van der Waals surface area contributed by atoms with Gasteiger partial charge in [0.2, 0.25) is 5.91 Å². The fourth-order valence-electron chi connectivity index (χ4n) is 1.36. The minimum Gasteiger partial charge on any atom is -0.355 e. The summed E-state index contributed by atoms with van der Waals surface area (Å²) >= 11 is 0. The molecular formula is C13H18FNO2S. The Labute approximate surface area is 109 Å². The molecule has 0 aromatic heterocycles. The van der Waals surface area contributed by atoms with Crippen LogP contribution in [0.3, 0.4) is 0 Å². The molecule has 100 valence electrons. The highest BCUT2D eigenvalue weighted by Gasteiger charge is 2.11. The molecule has 0 heterocycles. The van der Waals surface area contributed by atoms with Crippen LogP contribution in [-0.2, 0) is 21.3 Å². The number of carbonyl (C=O) groups excluding carboxylic acids is 1. The monoisotopic (exact) mass is 271 g/mol. The molecule has 1 unspecified atom stereocenters. The van der Waals surface area contributed by atoms with Crippen LogP contribution in [0.5, 0.6) is 0 Å². The van der Waals surface area contributed by atoms with E-state index in [4.69, 9.17) is 0 Å². The van der Waals surface area contributed by atoms with Gasteiger partial charge >= 0.3 is 0 Å². The average Bonchev–Trinajstić information content (AvgIpc) is 2.29. The first-order valence-electron chi connectivity index (χ1n) is 5.84. The molecule has 0 fully saturated rings. The Morgan fingerprint density at radius 1 is 1.39 bits per heavy atom. The van der Waals surface area contributed by atoms with Crippen LogP contribution in [0, 0.1) is 11.7 Å². The summed E-state index contributed by atoms with van der Waals surface area (Å²) in [6, 6.07) is 6.18. The van der Waals surface area contributed by atoms with Crippen LogP contribution in [0.1, 0.15) is 19.4 Å². The maximum Gasteiger partial charge on any atom is 0.232 e. The summed E-state index contributed by atoms with van der Waals surface area (Å²) in [5.74, 6) is -0.288. The Kier molecular flexibility index (Phi) is 5.98. The van der Waals surface area contributed by atoms with E-state index in [0.29, 0.717) is 18.0 Å². The van der Waals surface area contributed by atoms with Crippen molar-refractivity contribution in [1.29, 1.82) is 0 Å². The third kappa shape index (κ3) is 5.40. The van der Waals surface area contributed by atoms with Gasteiger partial charge in [0.05, 0.1) is 5.75 Å². The van der Waals surface area contributed by atoms with Crippen LogP contribution >= 0.6 is 0 Å². The summed E-state index contributed by atoms with van der Waals surface area (Å²) in [4.78, 5) is 11.4. The van der Waals surface area contributed by atoms with E-state index in [-0.39, 0.29) is 23.2 Å². The van der Waals surface area contributed by atoms with E-state index in [0.717, 1.165) is 0 Å². The zero-order valence-corrected chi connectivity index (χ0v) is 11.4. The van der Waals surface area contributed by atoms with Crippen LogP contribution in [0.25, 0.3) is 0 Å². The van der Waals surface area contributed by atoms with Crippen molar-refractivity contribution in [3.05, 3.63) is 35.6 Å². The maximum absolute atomic E-state index is 13.3. The van der Waals surface area contributed by atoms with E-state index in [1.54, 1.807) is 18.2 Å². The summed E-state index contributed by atoms with van der Waals surface area (Å²) in [6.45, 7) is 4.53. The van der Waals surface area contributed by atoms with Gasteiger partial charge in [0.15, 0.2) is 0 Å². The van der Waals surface area contributed by atoms with Crippen LogP contribution in [0.2, 0.25) is 0 Å². The summed E-state index contributed by atoms with van der Waals surface area (Å²) < 4.78 is 25.0. The Hall–Kier alpha value is -1.23. The molecule has 0 spiro atoms. The van der Waals surface area contributed by atoms with Crippen LogP contribution < -0.4 is 5.32 Å². The minimum atomic E-state index is -1.38. The van der Waals surface area contributed by atoms with Crippen molar-refractivity contribution < 1.29 is 13.4 Å². The van der Waals surface area contributed by atoms with Crippen molar-refractivity contribution in [1.82, 2.24) is 5.32 Å². The normalized spacial score (nSPS) is 12.4. The molecular weight excluding hydrogens is 253 g/mol. The minimum absolute atomic E-state index is 0.0712. The van der Waals surface area contributed by atoms with E-state index in [2.05, 4.69) is 5.32 Å². The van der Waals surface area contributed by atoms with Crippen molar-refractivity contribution in [3.8, 4) is 0 Å². The summed E-state index contributed by atoms with van der Waals surface area (Å²) in [7, 11) is -1.38. The maximum atomic E-state index is 13.3. The van der Waals surface area contributed by atoms with E-state index in [1.165, 1.54) is 6.07 Å². The lowest BCUT2D eigenvalue weighted by Crippen LogP contribution is -2.31. The molecule has 18 heavy (non-hydrogen) atoms. The summed E-state index contributed by atoms with van der Waals surface area (Å²) in [5.41, 5.74) is 0.382. The molecule has 0 saturated heterocycles. The van der Waals surface area contributed by atoms with Gasteiger partial charge in [-0.1, -0.05) is 32.0 Å². The predicted molar refractivity (Wildman–Crippen MR) is 71.0 cm³/mol. The Bertz CT molecular complexity index is 435. The molecule has 1 aromatic carbocycles. The number of benzene rings is 1. The topological polar surface area (TPSA) is 46.2 Å². The zero-order valence-electron chi connectivity index (χ0n) is 10.6. The molecule has 1 atom stereocenters. The molecule has 0 aliphatic heterocycles. The van der Waals surface area contributed by atoms with Gasteiger partial charge in [0.1, 0.15) is 11.6 Å². The molecule has 0 radical (unpaired) electrons. The summed E-state index contributed by atoms with van der Waals surface area (Å²) in [5, 5.41) is 2.69. The van der Waals surface area contributed by atoms with Gasteiger partial charge in [-0.05, 0) is 12.0 Å². The smallest absolute Gasteiger partial charge is 0.232 e. The first kappa shape index (κ1) is 14.8. The highest BCUT2D eigenvalue weighted by atomic mass is 32.2. The largest absolute Gasteiger partial charge is 0.355 e. The first-order chi connectivity index (χ1) is 8.49. The second-order valence-electron chi connectivity index (χ2n) is 4.52. The second kappa shape index (κ2) is 7.26. The van der Waals surface area contributed by atoms with E-state index >= 15 is 0 Å². The molecule has 5 heteroatoms. The van der Waals surface area contributed by atoms with Crippen molar-refractivity contribution in [2.45, 2.75) is 19.6 Å². The number of hydrogen-bond donors (Lipinski definition) is 1. The fourth-order valence-corrected chi connectivity index (χ4v) is 2.43. The van der Waals surface area contributed by atoms with Crippen molar-refractivity contribution in [2.24, 2.45) is 5.92 Å². The van der Waals surface area contributed by atoms with Gasteiger partial charge in [-0.25, -0.2) is 4.39 Å². The SMILES string of the molecule is CC(C)CNC(=O)CS(=O)Cc1ccccc1F. The second-order valence-corrected chi connectivity index (χ2v) is 5.97. The predicted octanol–water partition coefficient (Wildman–Crippen LogP) is 1.85. The van der Waals surface area contributed by atoms with Crippen LogP contribution in [0.4, 0.5) is 4.39 Å². The lowest BCUT2D eigenvalue weighted by molar-refractivity contribution is -0.118. The van der Waals surface area contributed by atoms with Crippen LogP contribution in [0.15, 0.2) is 24.3 Å². The first-order valence-corrected chi connectivity index (χ1v) is 7.33. The number of rotatable bonds is 6. The van der Waals surface area contributed by atoms with Gasteiger partial charge in [-0.15, -0.1) is 0 Å². The highest BCUT2D eigenvalue weighted by Crippen LogP contribution is 2.09. The standard InChI is InChI=1S/C13H18FNO2S/c1-10(2)7-15-13(16)9-18(17)8-11-5-3-4-6-12(11)14/h3-6,10H,7-9H2,1-2H3,(H,15,16). The third-order valence-corrected chi connectivity index (χ3v) is 3.49. The number of amides is 1. The van der Waals surface area contributed by atoms with Crippen molar-refractivity contribution in [2.75, 3.05) is 12.3 Å². The Balaban J connectivity index is 2.42. The molecule has 1 aromatic rings. The van der Waals surface area contributed by atoms with Crippen LogP contribution in [-0.4, -0.2) is 22.4 Å². The molecule has 0 saturated carbocycles. The quantitative estimate of drug-likeness (QED) is 0.858. The Morgan fingerprint density at radius 3 is 2.67 bits per heavy atom. The fraction of sp³-hybridized carbons (Fsp3) is 0.462. The molecule has 0 aliphatic carbocycles. The number of hydrogen-bond acceptors (Lipinski definition) is 2. The third-order valence-electron chi connectivity index (χ3n) is 2.27. The Morgan fingerprint density at radius 2 is 2.06 bits per heavy atom. The highest BCUT2D eigenvalue weighted by molar-refractivity contribution is 7.84. The lowest BCUT2D eigenvalue weighted by atomic mass is 10.2. The lowest BCUT2D eigenvalue weighted by Gasteiger charge is -2.07. The average molecular weight is 271 g/mol. The van der Waals surface area contributed by atoms with E-state index in [9.17, 15) is 13.4 Å². The zero-order chi connectivity index (χ0) is 13.5. The van der Waals surface area contributed by atoms with Gasteiger partial charge in [0, 0.05) is 22.9 Å². The van der Waals surface area contributed by atoms with Gasteiger partial charge < -0.3 is 5.32 Å². The molecule has 1 N–H and O–H groups in total. The molecule has 0 bridgehead atoms. The van der Waals surface area contributed by atoms with E-state index in [1.807, 2.05) is 13.8 Å². The van der Waals surface area contributed by atoms with Crippen molar-refractivity contribution in [3.63, 3.8) is 0 Å². The number of halogens is 1. The summed E-state index contributed by atoms with van der Waals surface area (Å²) in [6.07, 6.45) is 0. The number of carbonyl (C=O) groups is 1. The molecule has 1 amide bonds. The molecule has 1 rings (SSSR count). The van der Waals surface area contributed by atoms with Crippen molar-refractivity contribution >= 4 is 16.7 Å². The van der Waals surface area contributed by atoms with Gasteiger partial charge in [-0.3, -0.25) is 9.00 Å². The molecule has 3 nitrogen and oxygen atoms in total. The van der Waals surface area contributed by atoms with Gasteiger partial charge in [-0.2, -0.15) is 0 Å². The van der Waals surface area contributed by atoms with E-state index < -0.39 is 10.8 Å². The number of nitrogens with one attached hydrogen (secondary N) is 1. The molecule has 0 aliphatic rings.